The Labute approximate surface area is 168 Å². The average molecular weight is 415 g/mol. The maximum Gasteiger partial charge on any atom is 0.173 e. The van der Waals surface area contributed by atoms with Crippen molar-refractivity contribution in [3.63, 3.8) is 0 Å². The van der Waals surface area contributed by atoms with E-state index in [9.17, 15) is 0 Å². The number of piperazine rings is 1. The fourth-order valence-corrected chi connectivity index (χ4v) is 3.53. The quantitative estimate of drug-likeness (QED) is 0.656. The molecule has 1 aliphatic heterocycles. The van der Waals surface area contributed by atoms with Gasteiger partial charge < -0.3 is 15.1 Å². The second-order valence-corrected chi connectivity index (χ2v) is 7.60. The number of benzene rings is 2. The molecule has 25 heavy (non-hydrogen) atoms. The van der Waals surface area contributed by atoms with Crippen LogP contribution in [-0.2, 0) is 0 Å². The van der Waals surface area contributed by atoms with Gasteiger partial charge in [0.25, 0.3) is 0 Å². The zero-order valence-electron chi connectivity index (χ0n) is 13.7. The number of hydrogen-bond acceptors (Lipinski definition) is 2. The van der Waals surface area contributed by atoms with E-state index in [0.29, 0.717) is 15.1 Å². The molecule has 0 radical (unpaired) electrons. The fraction of sp³-hybridized carbons (Fsp3) is 0.278. The maximum absolute atomic E-state index is 6.12. The molecule has 0 amide bonds. The third kappa shape index (κ3) is 4.50. The minimum Gasteiger partial charge on any atom is -0.368 e. The average Bonchev–Trinajstić information content (AvgIpc) is 2.60. The van der Waals surface area contributed by atoms with E-state index in [1.807, 2.05) is 43.3 Å². The normalized spacial score (nSPS) is 14.6. The van der Waals surface area contributed by atoms with Crippen molar-refractivity contribution < 1.29 is 0 Å². The molecular formula is C18H18Cl3N3S. The van der Waals surface area contributed by atoms with Crippen molar-refractivity contribution in [2.45, 2.75) is 6.92 Å². The lowest BCUT2D eigenvalue weighted by Gasteiger charge is -2.37. The predicted molar refractivity (Wildman–Crippen MR) is 113 cm³/mol. The van der Waals surface area contributed by atoms with Crippen LogP contribution in [0.2, 0.25) is 15.1 Å². The van der Waals surface area contributed by atoms with Crippen LogP contribution < -0.4 is 10.2 Å². The standard InChI is InChI=1S/C18H18Cl3N3S/c1-12-2-3-13(19)10-17(12)22-18(25)24-8-6-23(7-9-24)14-4-5-15(20)16(21)11-14/h2-5,10-11H,6-9H2,1H3,(H,22,25). The molecule has 0 saturated carbocycles. The number of anilines is 2. The molecule has 132 valence electrons. The molecule has 3 nitrogen and oxygen atoms in total. The lowest BCUT2D eigenvalue weighted by molar-refractivity contribution is 0.391. The van der Waals surface area contributed by atoms with Crippen LogP contribution in [0.15, 0.2) is 36.4 Å². The van der Waals surface area contributed by atoms with Gasteiger partial charge in [-0.05, 0) is 55.0 Å². The van der Waals surface area contributed by atoms with Gasteiger partial charge in [-0.1, -0.05) is 40.9 Å². The number of thiocarbonyl (C=S) groups is 1. The Morgan fingerprint density at radius 2 is 1.68 bits per heavy atom. The highest BCUT2D eigenvalue weighted by Gasteiger charge is 2.20. The molecule has 1 fully saturated rings. The van der Waals surface area contributed by atoms with Crippen molar-refractivity contribution in [1.29, 1.82) is 0 Å². The van der Waals surface area contributed by atoms with Crippen LogP contribution >= 0.6 is 47.0 Å². The highest BCUT2D eigenvalue weighted by atomic mass is 35.5. The van der Waals surface area contributed by atoms with Gasteiger partial charge >= 0.3 is 0 Å². The lowest BCUT2D eigenvalue weighted by Crippen LogP contribution is -2.50. The van der Waals surface area contributed by atoms with E-state index < -0.39 is 0 Å². The highest BCUT2D eigenvalue weighted by molar-refractivity contribution is 7.80. The van der Waals surface area contributed by atoms with Gasteiger partial charge in [0.15, 0.2) is 5.11 Å². The predicted octanol–water partition coefficient (Wildman–Crippen LogP) is 5.47. The summed E-state index contributed by atoms with van der Waals surface area (Å²) < 4.78 is 0. The van der Waals surface area contributed by atoms with Gasteiger partial charge in [-0.2, -0.15) is 0 Å². The fourth-order valence-electron chi connectivity index (χ4n) is 2.77. The zero-order valence-corrected chi connectivity index (χ0v) is 16.8. The van der Waals surface area contributed by atoms with Crippen molar-refractivity contribution in [1.82, 2.24) is 4.90 Å². The summed E-state index contributed by atoms with van der Waals surface area (Å²) in [5.74, 6) is 0. The first-order chi connectivity index (χ1) is 11.9. The molecular weight excluding hydrogens is 397 g/mol. The molecule has 0 spiro atoms. The Kier molecular flexibility index (Phi) is 5.95. The molecule has 1 heterocycles. The van der Waals surface area contributed by atoms with Crippen LogP contribution in [0, 0.1) is 6.92 Å². The molecule has 0 aromatic heterocycles. The van der Waals surface area contributed by atoms with Crippen LogP contribution in [0.1, 0.15) is 5.56 Å². The largest absolute Gasteiger partial charge is 0.368 e. The van der Waals surface area contributed by atoms with Gasteiger partial charge in [-0.25, -0.2) is 0 Å². The Hall–Kier alpha value is -1.20. The molecule has 1 aliphatic rings. The summed E-state index contributed by atoms with van der Waals surface area (Å²) in [7, 11) is 0. The Morgan fingerprint density at radius 3 is 2.36 bits per heavy atom. The molecule has 0 unspecified atom stereocenters. The monoisotopic (exact) mass is 413 g/mol. The molecule has 7 heteroatoms. The molecule has 2 aromatic carbocycles. The molecule has 1 saturated heterocycles. The van der Waals surface area contributed by atoms with Crippen LogP contribution in [0.3, 0.4) is 0 Å². The van der Waals surface area contributed by atoms with Crippen molar-refractivity contribution >= 4 is 63.5 Å². The topological polar surface area (TPSA) is 18.5 Å². The van der Waals surface area contributed by atoms with E-state index in [0.717, 1.165) is 48.2 Å². The molecule has 0 atom stereocenters. The van der Waals surface area contributed by atoms with Gasteiger partial charge in [0, 0.05) is 42.6 Å². The van der Waals surface area contributed by atoms with E-state index in [4.69, 9.17) is 47.0 Å². The summed E-state index contributed by atoms with van der Waals surface area (Å²) >= 11 is 23.8. The minimum absolute atomic E-state index is 0.575. The van der Waals surface area contributed by atoms with Crippen LogP contribution in [0.4, 0.5) is 11.4 Å². The summed E-state index contributed by atoms with van der Waals surface area (Å²) in [5, 5.41) is 5.88. The number of nitrogens with zero attached hydrogens (tertiary/aromatic N) is 2. The molecule has 1 N–H and O–H groups in total. The van der Waals surface area contributed by atoms with Crippen LogP contribution in [0.5, 0.6) is 0 Å². The van der Waals surface area contributed by atoms with Crippen molar-refractivity contribution in [3.05, 3.63) is 57.0 Å². The SMILES string of the molecule is Cc1ccc(Cl)cc1NC(=S)N1CCN(c2ccc(Cl)c(Cl)c2)CC1. The minimum atomic E-state index is 0.575. The maximum atomic E-state index is 6.12. The lowest BCUT2D eigenvalue weighted by atomic mass is 10.2. The number of rotatable bonds is 2. The van der Waals surface area contributed by atoms with Gasteiger partial charge in [0.1, 0.15) is 0 Å². The molecule has 0 bridgehead atoms. The number of aryl methyl sites for hydroxylation is 1. The summed E-state index contributed by atoms with van der Waals surface area (Å²) in [5.41, 5.74) is 3.14. The molecule has 3 rings (SSSR count). The van der Waals surface area contributed by atoms with Crippen molar-refractivity contribution in [2.75, 3.05) is 36.4 Å². The van der Waals surface area contributed by atoms with Crippen molar-refractivity contribution in [3.8, 4) is 0 Å². The Balaban J connectivity index is 1.60. The first-order valence-corrected chi connectivity index (χ1v) is 9.50. The van der Waals surface area contributed by atoms with E-state index in [-0.39, 0.29) is 0 Å². The van der Waals surface area contributed by atoms with Gasteiger partial charge in [-0.3, -0.25) is 0 Å². The second kappa shape index (κ2) is 8.00. The van der Waals surface area contributed by atoms with E-state index >= 15 is 0 Å². The number of halogens is 3. The summed E-state index contributed by atoms with van der Waals surface area (Å²) in [6.45, 7) is 5.45. The first-order valence-electron chi connectivity index (χ1n) is 7.96. The molecule has 0 aliphatic carbocycles. The van der Waals surface area contributed by atoms with Crippen LogP contribution in [0.25, 0.3) is 0 Å². The van der Waals surface area contributed by atoms with E-state index in [1.165, 1.54) is 0 Å². The third-order valence-electron chi connectivity index (χ3n) is 4.28. The van der Waals surface area contributed by atoms with Gasteiger partial charge in [-0.15, -0.1) is 0 Å². The smallest absolute Gasteiger partial charge is 0.173 e. The van der Waals surface area contributed by atoms with Gasteiger partial charge in [0.05, 0.1) is 10.0 Å². The Bertz CT molecular complexity index is 789. The summed E-state index contributed by atoms with van der Waals surface area (Å²) in [6, 6.07) is 11.5. The highest BCUT2D eigenvalue weighted by Crippen LogP contribution is 2.28. The number of nitrogens with one attached hydrogen (secondary N) is 1. The third-order valence-corrected chi connectivity index (χ3v) is 5.61. The van der Waals surface area contributed by atoms with Crippen LogP contribution in [-0.4, -0.2) is 36.2 Å². The first kappa shape index (κ1) is 18.6. The van der Waals surface area contributed by atoms with E-state index in [1.54, 1.807) is 0 Å². The summed E-state index contributed by atoms with van der Waals surface area (Å²) in [4.78, 5) is 4.45. The zero-order chi connectivity index (χ0) is 18.0. The van der Waals surface area contributed by atoms with Crippen molar-refractivity contribution in [2.24, 2.45) is 0 Å². The second-order valence-electron chi connectivity index (χ2n) is 5.96. The Morgan fingerprint density at radius 1 is 0.960 bits per heavy atom. The van der Waals surface area contributed by atoms with E-state index in [2.05, 4.69) is 15.1 Å². The molecule has 2 aromatic rings. The summed E-state index contributed by atoms with van der Waals surface area (Å²) in [6.07, 6.45) is 0. The van der Waals surface area contributed by atoms with Gasteiger partial charge in [0.2, 0.25) is 0 Å². The number of hydrogen-bond donors (Lipinski definition) is 1.